The molecule has 0 bridgehead atoms. The molecule has 0 fully saturated rings. The van der Waals surface area contributed by atoms with E-state index in [1.165, 1.54) is 0 Å². The number of imidazole rings is 1. The second kappa shape index (κ2) is 6.79. The van der Waals surface area contributed by atoms with Gasteiger partial charge in [0.25, 0.3) is 5.91 Å². The number of nitrogens with one attached hydrogen (secondary N) is 1. The number of carbonyl (C=O) groups excluding carboxylic acids is 1. The molecule has 0 radical (unpaired) electrons. The average Bonchev–Trinajstić information content (AvgIpc) is 2.99. The summed E-state index contributed by atoms with van der Waals surface area (Å²) in [5, 5.41) is 3.08. The molecule has 5 heteroatoms. The van der Waals surface area contributed by atoms with Crippen molar-refractivity contribution in [2.45, 2.75) is 6.04 Å². The molecule has 0 aliphatic carbocycles. The van der Waals surface area contributed by atoms with Gasteiger partial charge in [-0.25, -0.2) is 4.98 Å². The van der Waals surface area contributed by atoms with E-state index >= 15 is 0 Å². The fraction of sp³-hybridized carbons (Fsp3) is 0.111. The van der Waals surface area contributed by atoms with E-state index < -0.39 is 0 Å². The number of hydrogen-bond donors (Lipinski definition) is 1. The van der Waals surface area contributed by atoms with Gasteiger partial charge in [0.2, 0.25) is 0 Å². The lowest BCUT2D eigenvalue weighted by atomic mass is 10.1. The van der Waals surface area contributed by atoms with Crippen molar-refractivity contribution >= 4 is 21.8 Å². The number of aromatic nitrogens is 2. The highest BCUT2D eigenvalue weighted by molar-refractivity contribution is 9.10. The molecule has 1 heterocycles. The van der Waals surface area contributed by atoms with Gasteiger partial charge in [0.15, 0.2) is 0 Å². The predicted molar refractivity (Wildman–Crippen MR) is 93.1 cm³/mol. The molecule has 1 N–H and O–H groups in total. The molecule has 0 unspecified atom stereocenters. The van der Waals surface area contributed by atoms with Crippen LogP contribution in [0.2, 0.25) is 0 Å². The van der Waals surface area contributed by atoms with Crippen molar-refractivity contribution in [3.8, 4) is 0 Å². The zero-order chi connectivity index (χ0) is 16.2. The highest BCUT2D eigenvalue weighted by Gasteiger charge is 2.21. The zero-order valence-electron chi connectivity index (χ0n) is 12.6. The van der Waals surface area contributed by atoms with Crippen LogP contribution in [0.4, 0.5) is 0 Å². The van der Waals surface area contributed by atoms with Gasteiger partial charge in [-0.2, -0.15) is 0 Å². The summed E-state index contributed by atoms with van der Waals surface area (Å²) in [6, 6.07) is 16.9. The van der Waals surface area contributed by atoms with Gasteiger partial charge < -0.3 is 9.88 Å². The summed E-state index contributed by atoms with van der Waals surface area (Å²) < 4.78 is 2.68. The Kier molecular flexibility index (Phi) is 4.57. The Hall–Kier alpha value is -2.40. The molecule has 0 saturated carbocycles. The van der Waals surface area contributed by atoms with Crippen molar-refractivity contribution in [1.82, 2.24) is 14.9 Å². The molecule has 1 amide bonds. The number of aryl methyl sites for hydroxylation is 1. The van der Waals surface area contributed by atoms with Crippen LogP contribution in [0.1, 0.15) is 27.8 Å². The normalized spacial score (nSPS) is 11.9. The summed E-state index contributed by atoms with van der Waals surface area (Å²) in [7, 11) is 1.92. The van der Waals surface area contributed by atoms with Crippen molar-refractivity contribution in [3.05, 3.63) is 88.4 Å². The molecule has 1 aromatic heterocycles. The average molecular weight is 370 g/mol. The molecule has 2 aromatic carbocycles. The van der Waals surface area contributed by atoms with Crippen LogP contribution in [0, 0.1) is 0 Å². The molecular formula is C18H16BrN3O. The maximum Gasteiger partial charge on any atom is 0.253 e. The predicted octanol–water partition coefficient (Wildman–Crippen LogP) is 3.70. The van der Waals surface area contributed by atoms with Crippen LogP contribution in [-0.2, 0) is 7.05 Å². The van der Waals surface area contributed by atoms with Crippen LogP contribution >= 0.6 is 15.9 Å². The van der Waals surface area contributed by atoms with Gasteiger partial charge >= 0.3 is 0 Å². The lowest BCUT2D eigenvalue weighted by Crippen LogP contribution is -2.31. The number of hydrogen-bond acceptors (Lipinski definition) is 2. The van der Waals surface area contributed by atoms with Crippen molar-refractivity contribution in [1.29, 1.82) is 0 Å². The fourth-order valence-electron chi connectivity index (χ4n) is 2.45. The van der Waals surface area contributed by atoms with E-state index in [1.54, 1.807) is 12.3 Å². The molecule has 3 aromatic rings. The SMILES string of the molecule is Cn1ccnc1[C@H](NC(=O)c1ccccc1Br)c1ccccc1. The third-order valence-corrected chi connectivity index (χ3v) is 4.33. The molecular weight excluding hydrogens is 354 g/mol. The van der Waals surface area contributed by atoms with Gasteiger partial charge in [-0.3, -0.25) is 4.79 Å². The van der Waals surface area contributed by atoms with Gasteiger partial charge in [0, 0.05) is 23.9 Å². The van der Waals surface area contributed by atoms with Crippen LogP contribution in [0.25, 0.3) is 0 Å². The van der Waals surface area contributed by atoms with Crippen molar-refractivity contribution < 1.29 is 4.79 Å². The van der Waals surface area contributed by atoms with Gasteiger partial charge in [0.1, 0.15) is 11.9 Å². The summed E-state index contributed by atoms with van der Waals surface area (Å²) in [5.41, 5.74) is 1.59. The van der Waals surface area contributed by atoms with Gasteiger partial charge in [0.05, 0.1) is 5.56 Å². The van der Waals surface area contributed by atoms with Crippen LogP contribution in [0.15, 0.2) is 71.5 Å². The van der Waals surface area contributed by atoms with Crippen LogP contribution in [0.3, 0.4) is 0 Å². The molecule has 4 nitrogen and oxygen atoms in total. The van der Waals surface area contributed by atoms with Crippen molar-refractivity contribution in [3.63, 3.8) is 0 Å². The summed E-state index contributed by atoms with van der Waals surface area (Å²) >= 11 is 3.42. The van der Waals surface area contributed by atoms with Crippen molar-refractivity contribution in [2.24, 2.45) is 7.05 Å². The Labute approximate surface area is 143 Å². The first-order chi connectivity index (χ1) is 11.2. The van der Waals surface area contributed by atoms with Crippen LogP contribution in [0.5, 0.6) is 0 Å². The van der Waals surface area contributed by atoms with E-state index in [2.05, 4.69) is 26.2 Å². The summed E-state index contributed by atoms with van der Waals surface area (Å²) in [6.45, 7) is 0. The van der Waals surface area contributed by atoms with Gasteiger partial charge in [-0.1, -0.05) is 42.5 Å². The summed E-state index contributed by atoms with van der Waals surface area (Å²) in [5.74, 6) is 0.644. The third-order valence-electron chi connectivity index (χ3n) is 3.64. The highest BCUT2D eigenvalue weighted by Crippen LogP contribution is 2.22. The monoisotopic (exact) mass is 369 g/mol. The van der Waals surface area contributed by atoms with E-state index in [0.29, 0.717) is 5.56 Å². The lowest BCUT2D eigenvalue weighted by molar-refractivity contribution is 0.0940. The number of amides is 1. The minimum absolute atomic E-state index is 0.144. The standard InChI is InChI=1S/C18H16BrN3O/c1-22-12-11-20-17(22)16(13-7-3-2-4-8-13)21-18(23)14-9-5-6-10-15(14)19/h2-12,16H,1H3,(H,21,23)/t16-/m1/s1. The largest absolute Gasteiger partial charge is 0.338 e. The Morgan fingerprint density at radius 1 is 1.13 bits per heavy atom. The molecule has 0 aliphatic heterocycles. The number of benzene rings is 2. The molecule has 1 atom stereocenters. The first kappa shape index (κ1) is 15.5. The number of carbonyl (C=O) groups is 1. The van der Waals surface area contributed by atoms with Crippen LogP contribution in [-0.4, -0.2) is 15.5 Å². The summed E-state index contributed by atoms with van der Waals surface area (Å²) in [6.07, 6.45) is 3.60. The number of halogens is 1. The first-order valence-corrected chi connectivity index (χ1v) is 8.03. The second-order valence-electron chi connectivity index (χ2n) is 5.19. The van der Waals surface area contributed by atoms with E-state index in [-0.39, 0.29) is 11.9 Å². The molecule has 0 spiro atoms. The van der Waals surface area contributed by atoms with E-state index in [9.17, 15) is 4.79 Å². The molecule has 3 rings (SSSR count). The fourth-order valence-corrected chi connectivity index (χ4v) is 2.92. The second-order valence-corrected chi connectivity index (χ2v) is 6.05. The molecule has 23 heavy (non-hydrogen) atoms. The smallest absolute Gasteiger partial charge is 0.253 e. The van der Waals surface area contributed by atoms with E-state index in [0.717, 1.165) is 15.9 Å². The topological polar surface area (TPSA) is 46.9 Å². The third kappa shape index (κ3) is 3.35. The first-order valence-electron chi connectivity index (χ1n) is 7.24. The zero-order valence-corrected chi connectivity index (χ0v) is 14.2. The maximum atomic E-state index is 12.7. The van der Waals surface area contributed by atoms with Gasteiger partial charge in [-0.05, 0) is 33.6 Å². The Morgan fingerprint density at radius 3 is 2.48 bits per heavy atom. The lowest BCUT2D eigenvalue weighted by Gasteiger charge is -2.19. The maximum absolute atomic E-state index is 12.7. The van der Waals surface area contributed by atoms with Crippen molar-refractivity contribution in [2.75, 3.05) is 0 Å². The van der Waals surface area contributed by atoms with E-state index in [1.807, 2.05) is 66.3 Å². The summed E-state index contributed by atoms with van der Waals surface area (Å²) in [4.78, 5) is 17.1. The molecule has 0 saturated heterocycles. The highest BCUT2D eigenvalue weighted by atomic mass is 79.9. The number of rotatable bonds is 4. The van der Waals surface area contributed by atoms with Crippen LogP contribution < -0.4 is 5.32 Å². The quantitative estimate of drug-likeness (QED) is 0.761. The minimum atomic E-state index is -0.309. The van der Waals surface area contributed by atoms with E-state index in [4.69, 9.17) is 0 Å². The Balaban J connectivity index is 1.96. The number of nitrogens with zero attached hydrogens (tertiary/aromatic N) is 2. The minimum Gasteiger partial charge on any atom is -0.338 e. The molecule has 0 aliphatic rings. The Bertz CT molecular complexity index is 814. The Morgan fingerprint density at radius 2 is 1.83 bits per heavy atom. The molecule has 116 valence electrons. The van der Waals surface area contributed by atoms with Gasteiger partial charge in [-0.15, -0.1) is 0 Å².